The molecule has 26 heavy (non-hydrogen) atoms. The van der Waals surface area contributed by atoms with Crippen LogP contribution in [0, 0.1) is 13.8 Å². The van der Waals surface area contributed by atoms with Gasteiger partial charge in [0.2, 0.25) is 6.10 Å². The van der Waals surface area contributed by atoms with Crippen LogP contribution in [0.1, 0.15) is 33.3 Å². The molecule has 1 N–H and O–H groups in total. The van der Waals surface area contributed by atoms with Crippen molar-refractivity contribution in [3.05, 3.63) is 70.9 Å². The number of nitrogens with zero attached hydrogens (tertiary/aromatic N) is 1. The Kier molecular flexibility index (Phi) is 4.80. The molecule has 0 aliphatic rings. The van der Waals surface area contributed by atoms with Gasteiger partial charge in [-0.15, -0.1) is 0 Å². The number of hydrogen-bond acceptors (Lipinski definition) is 3. The van der Waals surface area contributed by atoms with Gasteiger partial charge in [-0.2, -0.15) is 0 Å². The quantitative estimate of drug-likeness (QED) is 0.729. The molecule has 2 aromatic carbocycles. The zero-order valence-electron chi connectivity index (χ0n) is 15.4. The van der Waals surface area contributed by atoms with Gasteiger partial charge in [-0.1, -0.05) is 30.3 Å². The Hall–Kier alpha value is -3.08. The second kappa shape index (κ2) is 7.04. The van der Waals surface area contributed by atoms with Crippen molar-refractivity contribution in [3.8, 4) is 0 Å². The minimum Gasteiger partial charge on any atom is -0.444 e. The van der Waals surface area contributed by atoms with Gasteiger partial charge in [0.05, 0.1) is 5.56 Å². The van der Waals surface area contributed by atoms with Gasteiger partial charge in [0.1, 0.15) is 0 Å². The summed E-state index contributed by atoms with van der Waals surface area (Å²) < 4.78 is 5.60. The van der Waals surface area contributed by atoms with E-state index in [0.717, 1.165) is 22.2 Å². The zero-order valence-corrected chi connectivity index (χ0v) is 15.4. The summed E-state index contributed by atoms with van der Waals surface area (Å²) in [6.07, 6.45) is -0.969. The van der Waals surface area contributed by atoms with Gasteiger partial charge < -0.3 is 14.6 Å². The number of likely N-dealkylation sites (N-methyl/N-ethyl adjacent to an activating group) is 1. The molecule has 0 spiro atoms. The van der Waals surface area contributed by atoms with Crippen LogP contribution in [0.2, 0.25) is 0 Å². The van der Waals surface area contributed by atoms with Crippen molar-refractivity contribution < 1.29 is 14.3 Å². The van der Waals surface area contributed by atoms with Crippen molar-refractivity contribution in [2.75, 3.05) is 14.1 Å². The van der Waals surface area contributed by atoms with E-state index in [1.807, 2.05) is 38.1 Å². The number of aryl methyl sites for hydroxylation is 2. The molecule has 0 unspecified atom stereocenters. The van der Waals surface area contributed by atoms with Gasteiger partial charge in [-0.05, 0) is 37.6 Å². The maximum absolute atomic E-state index is 12.7. The first-order valence-corrected chi connectivity index (χ1v) is 8.44. The summed E-state index contributed by atoms with van der Waals surface area (Å²) >= 11 is 0. The second-order valence-electron chi connectivity index (χ2n) is 6.56. The number of rotatable bonds is 4. The number of hydrogen-bond donors (Lipinski definition) is 1. The number of H-pyrrole nitrogens is 1. The summed E-state index contributed by atoms with van der Waals surface area (Å²) in [5.41, 5.74) is 4.20. The molecule has 1 amide bonds. The van der Waals surface area contributed by atoms with E-state index in [2.05, 4.69) is 4.98 Å². The highest BCUT2D eigenvalue weighted by Gasteiger charge is 2.27. The molecule has 5 heteroatoms. The van der Waals surface area contributed by atoms with Crippen LogP contribution in [0.3, 0.4) is 0 Å². The number of esters is 1. The number of aromatic nitrogens is 1. The highest BCUT2D eigenvalue weighted by molar-refractivity contribution is 5.97. The van der Waals surface area contributed by atoms with Crippen LogP contribution in [-0.2, 0) is 9.53 Å². The van der Waals surface area contributed by atoms with E-state index in [0.29, 0.717) is 11.1 Å². The first-order valence-electron chi connectivity index (χ1n) is 8.44. The van der Waals surface area contributed by atoms with Gasteiger partial charge in [0, 0.05) is 36.3 Å². The van der Waals surface area contributed by atoms with Crippen LogP contribution < -0.4 is 0 Å². The van der Waals surface area contributed by atoms with Gasteiger partial charge in [-0.25, -0.2) is 4.79 Å². The smallest absolute Gasteiger partial charge is 0.339 e. The van der Waals surface area contributed by atoms with Crippen molar-refractivity contribution in [1.82, 2.24) is 9.88 Å². The standard InChI is InChI=1S/C21H22N2O3/c1-13-14(2)22-18-11-10-16(12-17(13)18)21(25)26-19(20(24)23(3)4)15-8-6-5-7-9-15/h5-12,19,22H,1-4H3/t19-/m0/s1. The van der Waals surface area contributed by atoms with Crippen LogP contribution >= 0.6 is 0 Å². The van der Waals surface area contributed by atoms with Crippen LogP contribution in [0.25, 0.3) is 10.9 Å². The highest BCUT2D eigenvalue weighted by atomic mass is 16.5. The number of benzene rings is 2. The molecule has 3 rings (SSSR count). The summed E-state index contributed by atoms with van der Waals surface area (Å²) in [7, 11) is 3.29. The summed E-state index contributed by atoms with van der Waals surface area (Å²) in [6, 6.07) is 14.4. The van der Waals surface area contributed by atoms with Crippen LogP contribution in [0.4, 0.5) is 0 Å². The lowest BCUT2D eigenvalue weighted by Crippen LogP contribution is -2.31. The van der Waals surface area contributed by atoms with Crippen molar-refractivity contribution in [3.63, 3.8) is 0 Å². The number of nitrogens with one attached hydrogen (secondary N) is 1. The monoisotopic (exact) mass is 350 g/mol. The molecule has 3 aromatic rings. The highest BCUT2D eigenvalue weighted by Crippen LogP contribution is 2.25. The fourth-order valence-electron chi connectivity index (χ4n) is 2.89. The van der Waals surface area contributed by atoms with Crippen LogP contribution in [-0.4, -0.2) is 35.9 Å². The van der Waals surface area contributed by atoms with Crippen LogP contribution in [0.15, 0.2) is 48.5 Å². The Morgan fingerprint density at radius 3 is 2.38 bits per heavy atom. The Balaban J connectivity index is 1.92. The minimum atomic E-state index is -0.969. The first-order chi connectivity index (χ1) is 12.4. The fourth-order valence-corrected chi connectivity index (χ4v) is 2.89. The van der Waals surface area contributed by atoms with Crippen molar-refractivity contribution in [2.45, 2.75) is 20.0 Å². The van der Waals surface area contributed by atoms with Gasteiger partial charge >= 0.3 is 5.97 Å². The summed E-state index contributed by atoms with van der Waals surface area (Å²) in [6.45, 7) is 4.00. The third-order valence-electron chi connectivity index (χ3n) is 4.54. The molecule has 134 valence electrons. The molecule has 0 bridgehead atoms. The number of aromatic amines is 1. The van der Waals surface area contributed by atoms with E-state index < -0.39 is 12.1 Å². The molecule has 0 radical (unpaired) electrons. The molecule has 1 atom stereocenters. The number of fused-ring (bicyclic) bond motifs is 1. The van der Waals surface area contributed by atoms with E-state index in [9.17, 15) is 9.59 Å². The lowest BCUT2D eigenvalue weighted by molar-refractivity contribution is -0.138. The maximum Gasteiger partial charge on any atom is 0.339 e. The summed E-state index contributed by atoms with van der Waals surface area (Å²) in [5, 5.41) is 0.979. The van der Waals surface area contributed by atoms with Crippen molar-refractivity contribution in [1.29, 1.82) is 0 Å². The molecule has 1 aromatic heterocycles. The Bertz CT molecular complexity index is 958. The second-order valence-corrected chi connectivity index (χ2v) is 6.56. The third-order valence-corrected chi connectivity index (χ3v) is 4.54. The van der Waals surface area contributed by atoms with Crippen molar-refractivity contribution >= 4 is 22.8 Å². The molecule has 0 saturated heterocycles. The fraction of sp³-hybridized carbons (Fsp3) is 0.238. The lowest BCUT2D eigenvalue weighted by Gasteiger charge is -2.21. The van der Waals surface area contributed by atoms with Gasteiger partial charge in [0.25, 0.3) is 5.91 Å². The number of amides is 1. The number of carbonyl (C=O) groups excluding carboxylic acids is 2. The molecular weight excluding hydrogens is 328 g/mol. The topological polar surface area (TPSA) is 62.4 Å². The van der Waals surface area contributed by atoms with Gasteiger partial charge in [-0.3, -0.25) is 4.79 Å². The van der Waals surface area contributed by atoms with Gasteiger partial charge in [0.15, 0.2) is 0 Å². The molecule has 1 heterocycles. The van der Waals surface area contributed by atoms with E-state index in [-0.39, 0.29) is 5.91 Å². The predicted octanol–water partition coefficient (Wildman–Crippen LogP) is 3.77. The average molecular weight is 350 g/mol. The van der Waals surface area contributed by atoms with E-state index in [4.69, 9.17) is 4.74 Å². The predicted molar refractivity (Wildman–Crippen MR) is 101 cm³/mol. The summed E-state index contributed by atoms with van der Waals surface area (Å²) in [4.78, 5) is 29.9. The summed E-state index contributed by atoms with van der Waals surface area (Å²) in [5.74, 6) is -0.798. The first kappa shape index (κ1) is 17.7. The molecule has 0 aliphatic heterocycles. The molecule has 0 saturated carbocycles. The van der Waals surface area contributed by atoms with E-state index >= 15 is 0 Å². The average Bonchev–Trinajstić information content (AvgIpc) is 2.93. The number of carbonyl (C=O) groups is 2. The largest absolute Gasteiger partial charge is 0.444 e. The normalized spacial score (nSPS) is 12.0. The Morgan fingerprint density at radius 2 is 1.73 bits per heavy atom. The third kappa shape index (κ3) is 3.33. The van der Waals surface area contributed by atoms with E-state index in [1.165, 1.54) is 4.90 Å². The Labute approximate surface area is 152 Å². The number of ether oxygens (including phenoxy) is 1. The molecular formula is C21H22N2O3. The Morgan fingerprint density at radius 1 is 1.04 bits per heavy atom. The van der Waals surface area contributed by atoms with Crippen molar-refractivity contribution in [2.24, 2.45) is 0 Å². The maximum atomic E-state index is 12.7. The molecule has 5 nitrogen and oxygen atoms in total. The van der Waals surface area contributed by atoms with E-state index in [1.54, 1.807) is 38.4 Å². The van der Waals surface area contributed by atoms with Crippen LogP contribution in [0.5, 0.6) is 0 Å². The molecule has 0 aliphatic carbocycles. The lowest BCUT2D eigenvalue weighted by atomic mass is 10.1. The zero-order chi connectivity index (χ0) is 18.8. The SMILES string of the molecule is Cc1[nH]c2ccc(C(=O)O[C@H](C(=O)N(C)C)c3ccccc3)cc2c1C. The minimum absolute atomic E-state index is 0.278. The molecule has 0 fully saturated rings.